The van der Waals surface area contributed by atoms with Crippen LogP contribution in [0.4, 0.5) is 5.69 Å². The molecule has 1 aliphatic rings. The molecule has 2 N–H and O–H groups in total. The van der Waals surface area contributed by atoms with Gasteiger partial charge < -0.3 is 19.8 Å². The maximum absolute atomic E-state index is 9.72. The third-order valence-electron chi connectivity index (χ3n) is 3.72. The largest absolute Gasteiger partial charge is 0.497 e. The van der Waals surface area contributed by atoms with Gasteiger partial charge in [-0.05, 0) is 18.6 Å². The summed E-state index contributed by atoms with van der Waals surface area (Å²) in [4.78, 5) is 4.58. The molecular weight excluding hydrogens is 256 g/mol. The first kappa shape index (κ1) is 15.1. The predicted octanol–water partition coefficient (Wildman–Crippen LogP) is 0.560. The second kappa shape index (κ2) is 7.47. The van der Waals surface area contributed by atoms with Crippen LogP contribution in [0.2, 0.25) is 0 Å². The lowest BCUT2D eigenvalue weighted by Crippen LogP contribution is -2.48. The van der Waals surface area contributed by atoms with Gasteiger partial charge in [0.05, 0.1) is 13.2 Å². The highest BCUT2D eigenvalue weighted by Crippen LogP contribution is 2.22. The van der Waals surface area contributed by atoms with Crippen molar-refractivity contribution in [2.75, 3.05) is 51.3 Å². The molecule has 20 heavy (non-hydrogen) atoms. The zero-order chi connectivity index (χ0) is 14.4. The molecule has 0 spiro atoms. The number of benzene rings is 1. The van der Waals surface area contributed by atoms with Gasteiger partial charge in [-0.3, -0.25) is 4.90 Å². The van der Waals surface area contributed by atoms with Crippen LogP contribution in [0.3, 0.4) is 0 Å². The number of methoxy groups -OCH3 is 1. The molecule has 5 heteroatoms. The first-order chi connectivity index (χ1) is 9.72. The zero-order valence-corrected chi connectivity index (χ0v) is 12.0. The average molecular weight is 280 g/mol. The fourth-order valence-electron chi connectivity index (χ4n) is 2.53. The molecule has 0 bridgehead atoms. The number of β-amino-alcohol motifs (C(OH)–C–C–N with tert-alkyl or cyclic N) is 1. The van der Waals surface area contributed by atoms with E-state index in [-0.39, 0.29) is 6.61 Å². The van der Waals surface area contributed by atoms with Crippen LogP contribution in [0, 0.1) is 0 Å². The van der Waals surface area contributed by atoms with E-state index < -0.39 is 6.10 Å². The Morgan fingerprint density at radius 1 is 1.25 bits per heavy atom. The van der Waals surface area contributed by atoms with Crippen LogP contribution in [0.1, 0.15) is 6.42 Å². The quantitative estimate of drug-likeness (QED) is 0.797. The molecule has 1 saturated heterocycles. The van der Waals surface area contributed by atoms with Crippen LogP contribution in [0.5, 0.6) is 5.75 Å². The van der Waals surface area contributed by atoms with Crippen molar-refractivity contribution in [3.8, 4) is 5.75 Å². The van der Waals surface area contributed by atoms with Crippen LogP contribution >= 0.6 is 0 Å². The van der Waals surface area contributed by atoms with Gasteiger partial charge in [-0.15, -0.1) is 0 Å². The Kier molecular flexibility index (Phi) is 5.64. The Morgan fingerprint density at radius 3 is 2.65 bits per heavy atom. The Hall–Kier alpha value is -1.30. The van der Waals surface area contributed by atoms with Gasteiger partial charge in [-0.1, -0.05) is 6.07 Å². The number of aliphatic hydroxyl groups is 2. The maximum Gasteiger partial charge on any atom is 0.120 e. The van der Waals surface area contributed by atoms with E-state index in [0.717, 1.165) is 31.9 Å². The van der Waals surface area contributed by atoms with Gasteiger partial charge >= 0.3 is 0 Å². The minimum Gasteiger partial charge on any atom is -0.497 e. The van der Waals surface area contributed by atoms with E-state index >= 15 is 0 Å². The van der Waals surface area contributed by atoms with Crippen molar-refractivity contribution >= 4 is 5.69 Å². The van der Waals surface area contributed by atoms with Crippen molar-refractivity contribution in [2.45, 2.75) is 12.5 Å². The predicted molar refractivity (Wildman–Crippen MR) is 79.4 cm³/mol. The van der Waals surface area contributed by atoms with Crippen LogP contribution < -0.4 is 9.64 Å². The standard InChI is InChI=1S/C15H24N2O3/c1-20-15-4-2-3-13(11-15)17-8-6-16(7-9-17)12-14(19)5-10-18/h2-4,11,14,18-19H,5-10,12H2,1H3. The molecule has 112 valence electrons. The van der Waals surface area contributed by atoms with Gasteiger partial charge in [0.2, 0.25) is 0 Å². The topological polar surface area (TPSA) is 56.2 Å². The average Bonchev–Trinajstić information content (AvgIpc) is 2.48. The summed E-state index contributed by atoms with van der Waals surface area (Å²) in [6.45, 7) is 4.44. The molecule has 1 atom stereocenters. The highest BCUT2D eigenvalue weighted by Gasteiger charge is 2.19. The maximum atomic E-state index is 9.72. The van der Waals surface area contributed by atoms with Crippen molar-refractivity contribution in [3.63, 3.8) is 0 Å². The number of ether oxygens (including phenoxy) is 1. The lowest BCUT2D eigenvalue weighted by Gasteiger charge is -2.37. The molecule has 5 nitrogen and oxygen atoms in total. The second-order valence-corrected chi connectivity index (χ2v) is 5.16. The van der Waals surface area contributed by atoms with E-state index in [0.29, 0.717) is 13.0 Å². The van der Waals surface area contributed by atoms with Crippen molar-refractivity contribution < 1.29 is 14.9 Å². The summed E-state index contributed by atoms with van der Waals surface area (Å²) in [5, 5.41) is 18.5. The number of aliphatic hydroxyl groups excluding tert-OH is 2. The Balaban J connectivity index is 1.84. The summed E-state index contributed by atoms with van der Waals surface area (Å²) in [5.41, 5.74) is 1.18. The number of nitrogens with zero attached hydrogens (tertiary/aromatic N) is 2. The summed E-state index contributed by atoms with van der Waals surface area (Å²) in [5.74, 6) is 0.878. The van der Waals surface area contributed by atoms with Gasteiger partial charge in [-0.2, -0.15) is 0 Å². The molecule has 2 rings (SSSR count). The second-order valence-electron chi connectivity index (χ2n) is 5.16. The number of anilines is 1. The smallest absolute Gasteiger partial charge is 0.120 e. The van der Waals surface area contributed by atoms with Gasteiger partial charge in [0.1, 0.15) is 5.75 Å². The van der Waals surface area contributed by atoms with E-state index in [1.807, 2.05) is 12.1 Å². The number of rotatable bonds is 6. The lowest BCUT2D eigenvalue weighted by molar-refractivity contribution is 0.0851. The normalized spacial score (nSPS) is 18.1. The third kappa shape index (κ3) is 4.10. The summed E-state index contributed by atoms with van der Waals surface area (Å²) < 4.78 is 5.25. The molecular formula is C15H24N2O3. The fourth-order valence-corrected chi connectivity index (χ4v) is 2.53. The molecule has 0 aromatic heterocycles. The van der Waals surface area contributed by atoms with Crippen LogP contribution in [-0.2, 0) is 0 Å². The summed E-state index contributed by atoms with van der Waals surface area (Å²) >= 11 is 0. The van der Waals surface area contributed by atoms with Gasteiger partial charge in [0.25, 0.3) is 0 Å². The number of hydrogen-bond donors (Lipinski definition) is 2. The highest BCUT2D eigenvalue weighted by molar-refractivity contribution is 5.51. The Labute approximate surface area is 120 Å². The molecule has 1 fully saturated rings. The third-order valence-corrected chi connectivity index (χ3v) is 3.72. The first-order valence-electron chi connectivity index (χ1n) is 7.13. The van der Waals surface area contributed by atoms with Crippen molar-refractivity contribution in [3.05, 3.63) is 24.3 Å². The Morgan fingerprint density at radius 2 is 2.00 bits per heavy atom. The minimum absolute atomic E-state index is 0.0466. The summed E-state index contributed by atoms with van der Waals surface area (Å²) in [6, 6.07) is 8.10. The summed E-state index contributed by atoms with van der Waals surface area (Å²) in [7, 11) is 1.68. The molecule has 1 heterocycles. The van der Waals surface area contributed by atoms with Gasteiger partial charge in [-0.25, -0.2) is 0 Å². The van der Waals surface area contributed by atoms with Crippen LogP contribution in [0.15, 0.2) is 24.3 Å². The molecule has 1 aliphatic heterocycles. The van der Waals surface area contributed by atoms with E-state index in [9.17, 15) is 5.11 Å². The molecule has 0 radical (unpaired) electrons. The minimum atomic E-state index is -0.427. The molecule has 0 saturated carbocycles. The van der Waals surface area contributed by atoms with E-state index in [1.165, 1.54) is 5.69 Å². The fraction of sp³-hybridized carbons (Fsp3) is 0.600. The van der Waals surface area contributed by atoms with Crippen LogP contribution in [-0.4, -0.2) is 67.7 Å². The number of piperazine rings is 1. The van der Waals surface area contributed by atoms with Crippen LogP contribution in [0.25, 0.3) is 0 Å². The molecule has 0 amide bonds. The first-order valence-corrected chi connectivity index (χ1v) is 7.13. The molecule has 0 aliphatic carbocycles. The highest BCUT2D eigenvalue weighted by atomic mass is 16.5. The van der Waals surface area contributed by atoms with Gasteiger partial charge in [0, 0.05) is 51.1 Å². The monoisotopic (exact) mass is 280 g/mol. The Bertz CT molecular complexity index is 406. The van der Waals surface area contributed by atoms with Gasteiger partial charge in [0.15, 0.2) is 0 Å². The SMILES string of the molecule is COc1cccc(N2CCN(CC(O)CCO)CC2)c1. The number of hydrogen-bond acceptors (Lipinski definition) is 5. The van der Waals surface area contributed by atoms with Crippen molar-refractivity contribution in [2.24, 2.45) is 0 Å². The van der Waals surface area contributed by atoms with E-state index in [1.54, 1.807) is 7.11 Å². The molecule has 1 aromatic carbocycles. The zero-order valence-electron chi connectivity index (χ0n) is 12.0. The van der Waals surface area contributed by atoms with Crippen molar-refractivity contribution in [1.29, 1.82) is 0 Å². The molecule has 1 unspecified atom stereocenters. The molecule has 1 aromatic rings. The summed E-state index contributed by atoms with van der Waals surface area (Å²) in [6.07, 6.45) is 0.0270. The van der Waals surface area contributed by atoms with E-state index in [4.69, 9.17) is 9.84 Å². The van der Waals surface area contributed by atoms with Crippen molar-refractivity contribution in [1.82, 2.24) is 4.90 Å². The lowest BCUT2D eigenvalue weighted by atomic mass is 10.2. The van der Waals surface area contributed by atoms with E-state index in [2.05, 4.69) is 21.9 Å².